The number of aromatic nitrogens is 4. The number of nitrogens with one attached hydrogen (secondary N) is 1. The van der Waals surface area contributed by atoms with E-state index >= 15 is 0 Å². The van der Waals surface area contributed by atoms with Gasteiger partial charge in [0.1, 0.15) is 0 Å². The summed E-state index contributed by atoms with van der Waals surface area (Å²) < 4.78 is 21.9. The van der Waals surface area contributed by atoms with Crippen molar-refractivity contribution in [1.29, 1.82) is 0 Å². The van der Waals surface area contributed by atoms with E-state index in [4.69, 9.17) is 18.7 Å². The van der Waals surface area contributed by atoms with Crippen LogP contribution in [-0.4, -0.2) is 41.7 Å². The maximum atomic E-state index is 5.56. The summed E-state index contributed by atoms with van der Waals surface area (Å²) in [6.45, 7) is 0. The first kappa shape index (κ1) is 19.6. The highest BCUT2D eigenvalue weighted by molar-refractivity contribution is 5.83. The van der Waals surface area contributed by atoms with Crippen LogP contribution in [0.5, 0.6) is 17.2 Å². The van der Waals surface area contributed by atoms with Gasteiger partial charge in [-0.2, -0.15) is 10.1 Å². The quantitative estimate of drug-likeness (QED) is 0.408. The fourth-order valence-corrected chi connectivity index (χ4v) is 3.62. The highest BCUT2D eigenvalue weighted by atomic mass is 16.5. The number of nitrogens with zero attached hydrogens (tertiary/aromatic N) is 3. The summed E-state index contributed by atoms with van der Waals surface area (Å²) in [5.74, 6) is 2.66. The first-order valence-corrected chi connectivity index (χ1v) is 9.88. The molecule has 0 amide bonds. The summed E-state index contributed by atoms with van der Waals surface area (Å²) >= 11 is 0. The minimum atomic E-state index is 0.432. The van der Waals surface area contributed by atoms with Crippen molar-refractivity contribution in [3.63, 3.8) is 0 Å². The molecule has 0 fully saturated rings. The van der Waals surface area contributed by atoms with Gasteiger partial charge in [0.2, 0.25) is 11.6 Å². The Morgan fingerprint density at radius 1 is 0.781 bits per heavy atom. The second-order valence-electron chi connectivity index (χ2n) is 7.09. The van der Waals surface area contributed by atoms with Crippen LogP contribution in [0.3, 0.4) is 0 Å². The highest BCUT2D eigenvalue weighted by Crippen LogP contribution is 2.41. The smallest absolute Gasteiger partial charge is 0.258 e. The van der Waals surface area contributed by atoms with E-state index < -0.39 is 0 Å². The molecule has 0 aliphatic carbocycles. The standard InChI is InChI=1S/C24H20N4O4/c1-29-20-11-17(12-21(30-2)22(20)31-3)14-5-4-6-16(9-14)24-26-23(28-32-24)15-7-8-19-18(10-15)13-25-27-19/h4-13H,1-3H3,(H,25,27). The molecule has 5 aromatic rings. The molecule has 0 saturated carbocycles. The number of fused-ring (bicyclic) bond motifs is 1. The van der Waals surface area contributed by atoms with E-state index in [2.05, 4.69) is 20.3 Å². The van der Waals surface area contributed by atoms with Crippen LogP contribution in [-0.2, 0) is 0 Å². The normalized spacial score (nSPS) is 11.0. The minimum Gasteiger partial charge on any atom is -0.493 e. The molecule has 0 atom stereocenters. The van der Waals surface area contributed by atoms with Crippen molar-refractivity contribution >= 4 is 10.9 Å². The fraction of sp³-hybridized carbons (Fsp3) is 0.125. The zero-order chi connectivity index (χ0) is 22.1. The Labute approximate surface area is 183 Å². The van der Waals surface area contributed by atoms with Crippen molar-refractivity contribution in [1.82, 2.24) is 20.3 Å². The molecule has 160 valence electrons. The molecule has 0 saturated heterocycles. The number of rotatable bonds is 6. The van der Waals surface area contributed by atoms with Crippen molar-refractivity contribution in [2.75, 3.05) is 21.3 Å². The summed E-state index contributed by atoms with van der Waals surface area (Å²) in [6.07, 6.45) is 1.76. The summed E-state index contributed by atoms with van der Waals surface area (Å²) in [7, 11) is 4.77. The molecule has 0 aliphatic rings. The molecule has 3 aromatic carbocycles. The summed E-state index contributed by atoms with van der Waals surface area (Å²) in [5.41, 5.74) is 4.47. The molecule has 5 rings (SSSR count). The minimum absolute atomic E-state index is 0.432. The van der Waals surface area contributed by atoms with Crippen LogP contribution in [0.1, 0.15) is 0 Å². The average molecular weight is 428 g/mol. The second kappa shape index (κ2) is 8.07. The van der Waals surface area contributed by atoms with Gasteiger partial charge in [0.15, 0.2) is 11.5 Å². The molecule has 2 aromatic heterocycles. The van der Waals surface area contributed by atoms with E-state index in [0.29, 0.717) is 29.0 Å². The molecule has 0 bridgehead atoms. The molecular weight excluding hydrogens is 408 g/mol. The zero-order valence-corrected chi connectivity index (χ0v) is 17.7. The SMILES string of the molecule is COc1cc(-c2cccc(-c3nc(-c4ccc5[nH]ncc5c4)no3)c2)cc(OC)c1OC. The maximum absolute atomic E-state index is 5.56. The Kier molecular flexibility index (Phi) is 4.95. The van der Waals surface area contributed by atoms with Crippen LogP contribution < -0.4 is 14.2 Å². The van der Waals surface area contributed by atoms with Gasteiger partial charge in [-0.25, -0.2) is 0 Å². The molecule has 0 unspecified atom stereocenters. The molecule has 1 N–H and O–H groups in total. The third-order valence-corrected chi connectivity index (χ3v) is 5.23. The number of aromatic amines is 1. The maximum Gasteiger partial charge on any atom is 0.258 e. The van der Waals surface area contributed by atoms with Gasteiger partial charge < -0.3 is 18.7 Å². The Morgan fingerprint density at radius 3 is 2.31 bits per heavy atom. The van der Waals surface area contributed by atoms with E-state index in [1.807, 2.05) is 54.6 Å². The molecule has 32 heavy (non-hydrogen) atoms. The lowest BCUT2D eigenvalue weighted by atomic mass is 10.0. The molecule has 8 nitrogen and oxygen atoms in total. The third kappa shape index (κ3) is 3.41. The average Bonchev–Trinajstić information content (AvgIpc) is 3.52. The van der Waals surface area contributed by atoms with Gasteiger partial charge in [0, 0.05) is 16.5 Å². The monoisotopic (exact) mass is 428 g/mol. The first-order valence-electron chi connectivity index (χ1n) is 9.88. The number of H-pyrrole nitrogens is 1. The molecule has 0 aliphatic heterocycles. The van der Waals surface area contributed by atoms with Crippen molar-refractivity contribution in [3.05, 3.63) is 60.8 Å². The van der Waals surface area contributed by atoms with Gasteiger partial charge in [-0.3, -0.25) is 5.10 Å². The number of hydrogen-bond acceptors (Lipinski definition) is 7. The predicted molar refractivity (Wildman–Crippen MR) is 120 cm³/mol. The fourth-order valence-electron chi connectivity index (χ4n) is 3.62. The Morgan fingerprint density at radius 2 is 1.56 bits per heavy atom. The first-order chi connectivity index (χ1) is 15.7. The van der Waals surface area contributed by atoms with E-state index in [1.165, 1.54) is 0 Å². The number of methoxy groups -OCH3 is 3. The third-order valence-electron chi connectivity index (χ3n) is 5.23. The van der Waals surface area contributed by atoms with Crippen molar-refractivity contribution < 1.29 is 18.7 Å². The topological polar surface area (TPSA) is 95.3 Å². The summed E-state index contributed by atoms with van der Waals surface area (Å²) in [5, 5.41) is 12.1. The van der Waals surface area contributed by atoms with Crippen LogP contribution in [0.15, 0.2) is 65.3 Å². The zero-order valence-electron chi connectivity index (χ0n) is 17.7. The Balaban J connectivity index is 1.51. The number of benzene rings is 3. The van der Waals surface area contributed by atoms with Crippen molar-refractivity contribution in [3.8, 4) is 51.2 Å². The Hall–Kier alpha value is -4.33. The van der Waals surface area contributed by atoms with Gasteiger partial charge in [0.05, 0.1) is 33.0 Å². The highest BCUT2D eigenvalue weighted by Gasteiger charge is 2.16. The van der Waals surface area contributed by atoms with Crippen LogP contribution in [0.2, 0.25) is 0 Å². The van der Waals surface area contributed by atoms with Gasteiger partial charge >= 0.3 is 0 Å². The molecule has 2 heterocycles. The number of ether oxygens (including phenoxy) is 3. The van der Waals surface area contributed by atoms with Gasteiger partial charge in [-0.1, -0.05) is 17.3 Å². The largest absolute Gasteiger partial charge is 0.493 e. The molecule has 8 heteroatoms. The van der Waals surface area contributed by atoms with Gasteiger partial charge in [-0.15, -0.1) is 0 Å². The van der Waals surface area contributed by atoms with E-state index in [-0.39, 0.29) is 0 Å². The van der Waals surface area contributed by atoms with Crippen LogP contribution in [0.25, 0.3) is 44.9 Å². The lowest BCUT2D eigenvalue weighted by Gasteiger charge is -2.14. The lowest BCUT2D eigenvalue weighted by Crippen LogP contribution is -1.95. The predicted octanol–water partition coefficient (Wildman–Crippen LogP) is 4.97. The summed E-state index contributed by atoms with van der Waals surface area (Å²) in [4.78, 5) is 4.59. The molecular formula is C24H20N4O4. The van der Waals surface area contributed by atoms with Gasteiger partial charge in [-0.05, 0) is 53.6 Å². The number of hydrogen-bond donors (Lipinski definition) is 1. The van der Waals surface area contributed by atoms with E-state index in [9.17, 15) is 0 Å². The van der Waals surface area contributed by atoms with E-state index in [0.717, 1.165) is 33.2 Å². The van der Waals surface area contributed by atoms with Crippen LogP contribution >= 0.6 is 0 Å². The van der Waals surface area contributed by atoms with Crippen molar-refractivity contribution in [2.24, 2.45) is 0 Å². The molecule has 0 spiro atoms. The molecule has 0 radical (unpaired) electrons. The Bertz CT molecular complexity index is 1380. The summed E-state index contributed by atoms with van der Waals surface area (Å²) in [6, 6.07) is 17.5. The van der Waals surface area contributed by atoms with Gasteiger partial charge in [0.25, 0.3) is 5.89 Å². The van der Waals surface area contributed by atoms with Crippen LogP contribution in [0, 0.1) is 0 Å². The second-order valence-corrected chi connectivity index (χ2v) is 7.09. The lowest BCUT2D eigenvalue weighted by molar-refractivity contribution is 0.324. The van der Waals surface area contributed by atoms with Crippen LogP contribution in [0.4, 0.5) is 0 Å². The van der Waals surface area contributed by atoms with E-state index in [1.54, 1.807) is 27.5 Å². The van der Waals surface area contributed by atoms with Crippen molar-refractivity contribution in [2.45, 2.75) is 0 Å².